The van der Waals surface area contributed by atoms with Crippen molar-refractivity contribution >= 4 is 0 Å². The minimum atomic E-state index is -0.0807. The zero-order valence-electron chi connectivity index (χ0n) is 11.7. The molecule has 0 aromatic heterocycles. The predicted molar refractivity (Wildman–Crippen MR) is 71.6 cm³/mol. The van der Waals surface area contributed by atoms with E-state index in [1.807, 2.05) is 6.07 Å². The summed E-state index contributed by atoms with van der Waals surface area (Å²) in [5, 5.41) is 2.37. The van der Waals surface area contributed by atoms with Crippen molar-refractivity contribution < 1.29 is 19.5 Å². The van der Waals surface area contributed by atoms with Crippen molar-refractivity contribution in [3.63, 3.8) is 0 Å². The lowest BCUT2D eigenvalue weighted by Crippen LogP contribution is -3.28. The molecule has 1 atom stereocenters. The monoisotopic (exact) mass is 266 g/mol. The topological polar surface area (TPSA) is 25.5 Å². The van der Waals surface area contributed by atoms with Gasteiger partial charge in [0.15, 0.2) is 6.04 Å². The van der Waals surface area contributed by atoms with E-state index in [1.54, 1.807) is 21.9 Å². The number of hydrogen-bond acceptors (Lipinski definition) is 0. The number of likely N-dealkylation sites (N-methyl/N-ethyl adjacent to an activating group) is 1. The summed E-state index contributed by atoms with van der Waals surface area (Å²) >= 11 is 0. The normalized spacial score (nSPS) is 30.9. The van der Waals surface area contributed by atoms with Gasteiger partial charge in [0, 0.05) is 11.1 Å². The molecule has 0 bridgehead atoms. The Morgan fingerprint density at radius 1 is 1.26 bits per heavy atom. The van der Waals surface area contributed by atoms with Gasteiger partial charge in [-0.1, -0.05) is 0 Å². The number of hydrogen-bond donors (Lipinski definition) is 3. The Kier molecular flexibility index (Phi) is 3.82. The molecule has 4 N–H and O–H groups in total. The number of nitrogens with two attached hydrogens (primary N) is 1. The van der Waals surface area contributed by atoms with Crippen LogP contribution in [0.4, 0.5) is 4.39 Å². The van der Waals surface area contributed by atoms with Crippen LogP contribution in [0.2, 0.25) is 0 Å². The maximum atomic E-state index is 13.5. The second kappa shape index (κ2) is 5.57. The quantitative estimate of drug-likeness (QED) is 0.539. The lowest BCUT2D eigenvalue weighted by Gasteiger charge is -2.35. The van der Waals surface area contributed by atoms with Crippen molar-refractivity contribution in [1.29, 1.82) is 0 Å². The van der Waals surface area contributed by atoms with E-state index in [9.17, 15) is 4.39 Å². The Morgan fingerprint density at radius 3 is 2.79 bits per heavy atom. The first-order valence-corrected chi connectivity index (χ1v) is 7.56. The van der Waals surface area contributed by atoms with E-state index < -0.39 is 0 Å². The molecule has 0 amide bonds. The van der Waals surface area contributed by atoms with Gasteiger partial charge in [0.05, 0.1) is 6.54 Å². The highest BCUT2D eigenvalue weighted by Gasteiger charge is 2.35. The molecule has 3 rings (SSSR count). The lowest BCUT2D eigenvalue weighted by atomic mass is 9.95. The highest BCUT2D eigenvalue weighted by atomic mass is 19.1. The highest BCUT2D eigenvalue weighted by Crippen LogP contribution is 2.18. The van der Waals surface area contributed by atoms with Gasteiger partial charge in [0.1, 0.15) is 45.1 Å². The van der Waals surface area contributed by atoms with E-state index in [0.717, 1.165) is 13.1 Å². The van der Waals surface area contributed by atoms with Crippen molar-refractivity contribution in [2.45, 2.75) is 19.5 Å². The molecule has 0 radical (unpaired) electrons. The molecular formula is C15H25FN3+3. The SMILES string of the molecule is CC[NH+]1CC[NH+]([C@H]2C[NH2+]Cc3ccc(F)cc32)CC1. The first-order chi connectivity index (χ1) is 9.28. The van der Waals surface area contributed by atoms with Crippen LogP contribution in [0, 0.1) is 5.82 Å². The average Bonchev–Trinajstić information content (AvgIpc) is 2.47. The van der Waals surface area contributed by atoms with Crippen LogP contribution in [0.1, 0.15) is 24.1 Å². The lowest BCUT2D eigenvalue weighted by molar-refractivity contribution is -1.03. The summed E-state index contributed by atoms with van der Waals surface area (Å²) in [6.45, 7) is 10.6. The van der Waals surface area contributed by atoms with Crippen LogP contribution in [-0.2, 0) is 6.54 Å². The zero-order valence-corrected chi connectivity index (χ0v) is 11.7. The summed E-state index contributed by atoms with van der Waals surface area (Å²) in [7, 11) is 0. The number of rotatable bonds is 2. The smallest absolute Gasteiger partial charge is 0.163 e. The molecule has 0 aliphatic carbocycles. The van der Waals surface area contributed by atoms with E-state index in [4.69, 9.17) is 0 Å². The van der Waals surface area contributed by atoms with Crippen LogP contribution >= 0.6 is 0 Å². The molecule has 4 heteroatoms. The van der Waals surface area contributed by atoms with Crippen LogP contribution in [0.5, 0.6) is 0 Å². The summed E-state index contributed by atoms with van der Waals surface area (Å²) in [6.07, 6.45) is 0. The third kappa shape index (κ3) is 2.66. The van der Waals surface area contributed by atoms with E-state index in [-0.39, 0.29) is 5.82 Å². The van der Waals surface area contributed by atoms with Crippen LogP contribution in [0.25, 0.3) is 0 Å². The van der Waals surface area contributed by atoms with Gasteiger partial charge in [-0.15, -0.1) is 0 Å². The fourth-order valence-electron chi connectivity index (χ4n) is 3.62. The maximum Gasteiger partial charge on any atom is 0.163 e. The van der Waals surface area contributed by atoms with Crippen molar-refractivity contribution in [3.05, 3.63) is 35.1 Å². The maximum absolute atomic E-state index is 13.5. The molecule has 1 aromatic carbocycles. The third-order valence-corrected chi connectivity index (χ3v) is 4.84. The minimum absolute atomic E-state index is 0.0807. The molecule has 2 aliphatic heterocycles. The van der Waals surface area contributed by atoms with Crippen LogP contribution < -0.4 is 15.1 Å². The number of nitrogens with one attached hydrogen (secondary N) is 2. The molecule has 2 heterocycles. The predicted octanol–water partition coefficient (Wildman–Crippen LogP) is -2.25. The third-order valence-electron chi connectivity index (χ3n) is 4.84. The molecule has 1 fully saturated rings. The summed E-state index contributed by atoms with van der Waals surface area (Å²) < 4.78 is 13.5. The van der Waals surface area contributed by atoms with Crippen molar-refractivity contribution in [1.82, 2.24) is 0 Å². The molecule has 0 saturated carbocycles. The van der Waals surface area contributed by atoms with E-state index in [2.05, 4.69) is 12.2 Å². The summed E-state index contributed by atoms with van der Waals surface area (Å²) in [5.41, 5.74) is 2.59. The minimum Gasteiger partial charge on any atom is -0.337 e. The Bertz CT molecular complexity index is 441. The summed E-state index contributed by atoms with van der Waals surface area (Å²) in [5.74, 6) is -0.0807. The van der Waals surface area contributed by atoms with E-state index in [0.29, 0.717) is 6.04 Å². The fraction of sp³-hybridized carbons (Fsp3) is 0.600. The Morgan fingerprint density at radius 2 is 2.05 bits per heavy atom. The molecule has 2 aliphatic rings. The first-order valence-electron chi connectivity index (χ1n) is 7.56. The number of benzene rings is 1. The van der Waals surface area contributed by atoms with Crippen molar-refractivity contribution in [2.24, 2.45) is 0 Å². The van der Waals surface area contributed by atoms with Gasteiger partial charge in [-0.3, -0.25) is 0 Å². The van der Waals surface area contributed by atoms with Gasteiger partial charge in [0.2, 0.25) is 0 Å². The fourth-order valence-corrected chi connectivity index (χ4v) is 3.62. The number of piperazine rings is 1. The largest absolute Gasteiger partial charge is 0.337 e. The van der Waals surface area contributed by atoms with E-state index in [1.165, 1.54) is 43.9 Å². The molecule has 1 saturated heterocycles. The number of fused-ring (bicyclic) bond motifs is 1. The van der Waals surface area contributed by atoms with Gasteiger partial charge in [0.25, 0.3) is 0 Å². The van der Waals surface area contributed by atoms with Gasteiger partial charge in [-0.25, -0.2) is 4.39 Å². The molecular weight excluding hydrogens is 241 g/mol. The summed E-state index contributed by atoms with van der Waals surface area (Å²) in [4.78, 5) is 3.36. The van der Waals surface area contributed by atoms with Crippen molar-refractivity contribution in [3.8, 4) is 0 Å². The molecule has 19 heavy (non-hydrogen) atoms. The van der Waals surface area contributed by atoms with Crippen LogP contribution in [-0.4, -0.2) is 39.3 Å². The zero-order chi connectivity index (χ0) is 13.2. The van der Waals surface area contributed by atoms with E-state index >= 15 is 0 Å². The number of halogens is 1. The highest BCUT2D eigenvalue weighted by molar-refractivity contribution is 5.30. The Balaban J connectivity index is 1.78. The van der Waals surface area contributed by atoms with Gasteiger partial charge >= 0.3 is 0 Å². The summed E-state index contributed by atoms with van der Waals surface area (Å²) in [6, 6.07) is 5.83. The number of quaternary nitrogens is 3. The molecule has 0 spiro atoms. The Hall–Kier alpha value is -0.970. The standard InChI is InChI=1S/C15H22FN3/c1-2-18-5-7-19(8-6-18)15-11-17-10-12-3-4-13(16)9-14(12)15/h3-4,9,15,17H,2,5-8,10-11H2,1H3/p+3/t15-/m0/s1. The average molecular weight is 266 g/mol. The van der Waals surface area contributed by atoms with Gasteiger partial charge in [-0.05, 0) is 25.1 Å². The molecule has 0 unspecified atom stereocenters. The molecule has 3 nitrogen and oxygen atoms in total. The van der Waals surface area contributed by atoms with Gasteiger partial charge in [-0.2, -0.15) is 0 Å². The first kappa shape index (κ1) is 13.0. The van der Waals surface area contributed by atoms with Crippen LogP contribution in [0.15, 0.2) is 18.2 Å². The molecule has 104 valence electrons. The van der Waals surface area contributed by atoms with Crippen molar-refractivity contribution in [2.75, 3.05) is 39.3 Å². The second-order valence-electron chi connectivity index (χ2n) is 5.89. The van der Waals surface area contributed by atoms with Gasteiger partial charge < -0.3 is 15.1 Å². The molecule has 1 aromatic rings. The van der Waals surface area contributed by atoms with Crippen LogP contribution in [0.3, 0.4) is 0 Å². The second-order valence-corrected chi connectivity index (χ2v) is 5.89. The Labute approximate surface area is 114 Å².